The molecular formula is C33H46F3NO3Si. The van der Waals surface area contributed by atoms with Crippen LogP contribution in [-0.4, -0.2) is 24.8 Å². The SMILES string of the molecule is CC(C)c1nc2c(c(C3=CCCC3)c1C(O)c1ccc(OC(F)(F)F)cc1)[C@@H](O[Si](C)(C)C(C)(C)C)CC(C)(C)C2. The van der Waals surface area contributed by atoms with E-state index in [1.54, 1.807) is 0 Å². The number of aromatic nitrogens is 1. The number of aliphatic hydroxyl groups is 1. The Balaban J connectivity index is 1.95. The molecule has 2 aliphatic carbocycles. The molecule has 1 unspecified atom stereocenters. The van der Waals surface area contributed by atoms with E-state index in [0.29, 0.717) is 5.56 Å². The second-order valence-corrected chi connectivity index (χ2v) is 19.1. The molecule has 1 aromatic carbocycles. The van der Waals surface area contributed by atoms with Gasteiger partial charge in [-0.2, -0.15) is 0 Å². The van der Waals surface area contributed by atoms with Crippen molar-refractivity contribution in [1.29, 1.82) is 0 Å². The zero-order chi connectivity index (χ0) is 30.5. The molecule has 1 N–H and O–H groups in total. The molecule has 4 nitrogen and oxygen atoms in total. The zero-order valence-electron chi connectivity index (χ0n) is 26.0. The summed E-state index contributed by atoms with van der Waals surface area (Å²) in [4.78, 5) is 5.27. The molecule has 0 bridgehead atoms. The van der Waals surface area contributed by atoms with Crippen LogP contribution in [0.1, 0.15) is 126 Å². The number of allylic oxidation sites excluding steroid dienone is 2. The van der Waals surface area contributed by atoms with Gasteiger partial charge in [0.15, 0.2) is 8.32 Å². The van der Waals surface area contributed by atoms with Crippen LogP contribution < -0.4 is 4.74 Å². The highest BCUT2D eigenvalue weighted by atomic mass is 28.4. The van der Waals surface area contributed by atoms with Crippen LogP contribution >= 0.6 is 0 Å². The molecule has 0 radical (unpaired) electrons. The van der Waals surface area contributed by atoms with Gasteiger partial charge in [-0.3, -0.25) is 4.98 Å². The van der Waals surface area contributed by atoms with E-state index in [-0.39, 0.29) is 28.2 Å². The lowest BCUT2D eigenvalue weighted by atomic mass is 9.71. The molecule has 8 heteroatoms. The van der Waals surface area contributed by atoms with Gasteiger partial charge in [0, 0.05) is 22.5 Å². The van der Waals surface area contributed by atoms with Crippen LogP contribution in [0, 0.1) is 5.41 Å². The Bertz CT molecular complexity index is 1290. The van der Waals surface area contributed by atoms with Crippen LogP contribution in [0.4, 0.5) is 13.2 Å². The molecule has 226 valence electrons. The van der Waals surface area contributed by atoms with E-state index in [1.807, 2.05) is 0 Å². The smallest absolute Gasteiger partial charge is 0.410 e. The van der Waals surface area contributed by atoms with Crippen LogP contribution in [0.2, 0.25) is 18.1 Å². The summed E-state index contributed by atoms with van der Waals surface area (Å²) in [5.41, 5.74) is 6.47. The maximum absolute atomic E-state index is 12.8. The predicted molar refractivity (Wildman–Crippen MR) is 160 cm³/mol. The van der Waals surface area contributed by atoms with Gasteiger partial charge in [0.05, 0.1) is 6.10 Å². The summed E-state index contributed by atoms with van der Waals surface area (Å²) in [5, 5.41) is 12.0. The molecule has 0 saturated heterocycles. The van der Waals surface area contributed by atoms with Crippen LogP contribution in [0.15, 0.2) is 30.3 Å². The fourth-order valence-corrected chi connectivity index (χ4v) is 7.17. The summed E-state index contributed by atoms with van der Waals surface area (Å²) >= 11 is 0. The summed E-state index contributed by atoms with van der Waals surface area (Å²) in [7, 11) is -2.17. The Kier molecular flexibility index (Phi) is 8.64. The van der Waals surface area contributed by atoms with E-state index >= 15 is 0 Å². The molecule has 2 aromatic rings. The Labute approximate surface area is 244 Å². The van der Waals surface area contributed by atoms with E-state index in [2.05, 4.69) is 72.4 Å². The number of fused-ring (bicyclic) bond motifs is 1. The minimum atomic E-state index is -4.78. The van der Waals surface area contributed by atoms with Crippen molar-refractivity contribution in [3.63, 3.8) is 0 Å². The van der Waals surface area contributed by atoms with E-state index in [9.17, 15) is 18.3 Å². The topological polar surface area (TPSA) is 51.6 Å². The summed E-state index contributed by atoms with van der Waals surface area (Å²) in [6.07, 6.45) is 0.875. The molecule has 0 spiro atoms. The molecule has 0 fully saturated rings. The molecular weight excluding hydrogens is 543 g/mol. The number of nitrogens with zero attached hydrogens (tertiary/aromatic N) is 1. The third-order valence-corrected chi connectivity index (χ3v) is 13.4. The predicted octanol–water partition coefficient (Wildman–Crippen LogP) is 9.79. The highest BCUT2D eigenvalue weighted by Crippen LogP contribution is 2.52. The van der Waals surface area contributed by atoms with Crippen molar-refractivity contribution in [3.8, 4) is 5.75 Å². The normalized spacial score (nSPS) is 20.1. The molecule has 1 heterocycles. The first-order valence-electron chi connectivity index (χ1n) is 14.8. The average Bonchev–Trinajstić information content (AvgIpc) is 3.35. The van der Waals surface area contributed by atoms with Gasteiger partial charge in [-0.25, -0.2) is 0 Å². The standard InChI is InChI=1S/C33H46F3NO3Si/c1-20(2)29-28(30(38)22-14-16-23(17-15-22)39-33(34,35)36)26(21-12-10-11-13-21)27-24(37-29)18-32(6,7)19-25(27)40-41(8,9)31(3,4)5/h12,14-17,20,25,30,38H,10-11,13,18-19H2,1-9H3/t25-,30?/m0/s1. The van der Waals surface area contributed by atoms with Gasteiger partial charge in [-0.15, -0.1) is 13.2 Å². The van der Waals surface area contributed by atoms with E-state index in [4.69, 9.17) is 9.41 Å². The average molecular weight is 590 g/mol. The number of pyridine rings is 1. The van der Waals surface area contributed by atoms with E-state index in [0.717, 1.165) is 60.2 Å². The molecule has 2 aliphatic rings. The number of hydrogen-bond donors (Lipinski definition) is 1. The zero-order valence-corrected chi connectivity index (χ0v) is 27.0. The first-order chi connectivity index (χ1) is 18.8. The van der Waals surface area contributed by atoms with Gasteiger partial charge in [-0.1, -0.05) is 66.7 Å². The van der Waals surface area contributed by atoms with Gasteiger partial charge >= 0.3 is 6.36 Å². The van der Waals surface area contributed by atoms with Crippen molar-refractivity contribution in [2.24, 2.45) is 5.41 Å². The fraction of sp³-hybridized carbons (Fsp3) is 0.606. The lowest BCUT2D eigenvalue weighted by Crippen LogP contribution is -2.44. The van der Waals surface area contributed by atoms with Crippen LogP contribution in [0.3, 0.4) is 0 Å². The lowest BCUT2D eigenvalue weighted by Gasteiger charge is -2.45. The van der Waals surface area contributed by atoms with Gasteiger partial charge in [-0.05, 0) is 90.4 Å². The molecule has 0 aliphatic heterocycles. The third kappa shape index (κ3) is 6.91. The minimum Gasteiger partial charge on any atom is -0.410 e. The maximum Gasteiger partial charge on any atom is 0.573 e. The van der Waals surface area contributed by atoms with Crippen molar-refractivity contribution < 1.29 is 27.4 Å². The number of benzene rings is 1. The molecule has 1 aromatic heterocycles. The summed E-state index contributed by atoms with van der Waals surface area (Å²) < 4.78 is 49.6. The number of ether oxygens (including phenoxy) is 1. The summed E-state index contributed by atoms with van der Waals surface area (Å²) in [6, 6.07) is 5.53. The maximum atomic E-state index is 12.8. The fourth-order valence-electron chi connectivity index (χ4n) is 5.91. The van der Waals surface area contributed by atoms with Crippen molar-refractivity contribution in [2.45, 2.75) is 123 Å². The summed E-state index contributed by atoms with van der Waals surface area (Å²) in [5.74, 6) is -0.284. The molecule has 0 amide bonds. The Morgan fingerprint density at radius 1 is 1.07 bits per heavy atom. The van der Waals surface area contributed by atoms with Crippen LogP contribution in [-0.2, 0) is 10.8 Å². The Hall–Kier alpha value is -2.16. The van der Waals surface area contributed by atoms with Crippen molar-refractivity contribution in [1.82, 2.24) is 4.98 Å². The number of halogens is 3. The monoisotopic (exact) mass is 589 g/mol. The van der Waals surface area contributed by atoms with Crippen molar-refractivity contribution in [2.75, 3.05) is 0 Å². The van der Waals surface area contributed by atoms with Gasteiger partial charge in [0.2, 0.25) is 0 Å². The number of rotatable bonds is 7. The quantitative estimate of drug-likeness (QED) is 0.327. The molecule has 2 atom stereocenters. The Morgan fingerprint density at radius 3 is 2.22 bits per heavy atom. The number of aliphatic hydroxyl groups excluding tert-OH is 1. The largest absolute Gasteiger partial charge is 0.573 e. The lowest BCUT2D eigenvalue weighted by molar-refractivity contribution is -0.274. The van der Waals surface area contributed by atoms with Gasteiger partial charge < -0.3 is 14.3 Å². The Morgan fingerprint density at radius 2 is 1.71 bits per heavy atom. The molecule has 4 rings (SSSR count). The number of hydrogen-bond acceptors (Lipinski definition) is 4. The van der Waals surface area contributed by atoms with E-state index < -0.39 is 20.8 Å². The summed E-state index contributed by atoms with van der Waals surface area (Å²) in [6.45, 7) is 20.0. The second-order valence-electron chi connectivity index (χ2n) is 14.4. The van der Waals surface area contributed by atoms with Gasteiger partial charge in [0.25, 0.3) is 0 Å². The highest BCUT2D eigenvalue weighted by molar-refractivity contribution is 6.74. The first-order valence-corrected chi connectivity index (χ1v) is 17.7. The number of alkyl halides is 3. The van der Waals surface area contributed by atoms with Crippen molar-refractivity contribution >= 4 is 13.9 Å². The van der Waals surface area contributed by atoms with Crippen molar-refractivity contribution in [3.05, 3.63) is 64.0 Å². The second kappa shape index (κ2) is 11.2. The third-order valence-electron chi connectivity index (χ3n) is 8.94. The van der Waals surface area contributed by atoms with E-state index in [1.165, 1.54) is 29.8 Å². The van der Waals surface area contributed by atoms with Gasteiger partial charge in [0.1, 0.15) is 11.9 Å². The highest BCUT2D eigenvalue weighted by Gasteiger charge is 2.45. The minimum absolute atomic E-state index is 0.00292. The molecule has 0 saturated carbocycles. The van der Waals surface area contributed by atoms with Crippen LogP contribution in [0.5, 0.6) is 5.75 Å². The molecule has 41 heavy (non-hydrogen) atoms. The van der Waals surface area contributed by atoms with Crippen LogP contribution in [0.25, 0.3) is 5.57 Å². The first kappa shape index (κ1) is 31.8.